The van der Waals surface area contributed by atoms with Gasteiger partial charge in [-0.2, -0.15) is 11.8 Å². The predicted octanol–water partition coefficient (Wildman–Crippen LogP) is 4.98. The van der Waals surface area contributed by atoms with Crippen LogP contribution in [0.4, 0.5) is 0 Å². The van der Waals surface area contributed by atoms with Gasteiger partial charge in [-0.05, 0) is 38.5 Å². The molecule has 3 heteroatoms. The summed E-state index contributed by atoms with van der Waals surface area (Å²) in [5.74, 6) is 1.50. The van der Waals surface area contributed by atoms with Crippen LogP contribution in [0.1, 0.15) is 66.2 Å². The van der Waals surface area contributed by atoms with Gasteiger partial charge in [0, 0.05) is 10.5 Å². The van der Waals surface area contributed by atoms with Crippen LogP contribution in [0.25, 0.3) is 0 Å². The van der Waals surface area contributed by atoms with Crippen LogP contribution in [0.2, 0.25) is 0 Å². The van der Waals surface area contributed by atoms with Crippen LogP contribution in [-0.2, 0) is 9.53 Å². The number of ether oxygens (including phenoxy) is 1. The molecule has 1 rings (SSSR count). The first-order chi connectivity index (χ1) is 9.50. The molecule has 1 aliphatic carbocycles. The first-order valence-corrected chi connectivity index (χ1v) is 8.94. The quantitative estimate of drug-likeness (QED) is 0.359. The molecular formula is C17H30O2S. The fourth-order valence-corrected chi connectivity index (χ4v) is 3.98. The zero-order chi connectivity index (χ0) is 15.0. The summed E-state index contributed by atoms with van der Waals surface area (Å²) in [6.45, 7) is 9.52. The molecule has 0 saturated carbocycles. The van der Waals surface area contributed by atoms with E-state index in [2.05, 4.69) is 33.8 Å². The fraction of sp³-hybridized carbons (Fsp3) is 0.824. The van der Waals surface area contributed by atoms with Gasteiger partial charge in [-0.1, -0.05) is 38.8 Å². The number of allylic oxidation sites excluding steroid dienone is 2. The van der Waals surface area contributed by atoms with Crippen molar-refractivity contribution in [1.29, 1.82) is 0 Å². The molecular weight excluding hydrogens is 268 g/mol. The summed E-state index contributed by atoms with van der Waals surface area (Å²) in [6.07, 6.45) is 8.56. The molecule has 1 atom stereocenters. The summed E-state index contributed by atoms with van der Waals surface area (Å²) in [6, 6.07) is 0. The van der Waals surface area contributed by atoms with Crippen molar-refractivity contribution in [3.05, 3.63) is 11.6 Å². The standard InChI is InChI=1S/C17H30O2S/c1-5-6-12-19-16(18)9-13-20-17(14(2)3)10-7-15(4)8-11-17/h7,14H,5-6,8-13H2,1-4H3. The Morgan fingerprint density at radius 1 is 1.50 bits per heavy atom. The summed E-state index contributed by atoms with van der Waals surface area (Å²) >= 11 is 1.98. The molecule has 0 N–H and O–H groups in total. The van der Waals surface area contributed by atoms with Gasteiger partial charge in [0.15, 0.2) is 0 Å². The van der Waals surface area contributed by atoms with Crippen LogP contribution in [0, 0.1) is 5.92 Å². The van der Waals surface area contributed by atoms with Gasteiger partial charge in [0.05, 0.1) is 13.0 Å². The number of thioether (sulfide) groups is 1. The second kappa shape index (κ2) is 8.76. The van der Waals surface area contributed by atoms with Gasteiger partial charge < -0.3 is 4.74 Å². The minimum absolute atomic E-state index is 0.0348. The fourth-order valence-electron chi connectivity index (χ4n) is 2.52. The van der Waals surface area contributed by atoms with Crippen molar-refractivity contribution in [2.24, 2.45) is 5.92 Å². The molecule has 0 saturated heterocycles. The highest BCUT2D eigenvalue weighted by Crippen LogP contribution is 2.44. The monoisotopic (exact) mass is 298 g/mol. The lowest BCUT2D eigenvalue weighted by molar-refractivity contribution is -0.143. The Morgan fingerprint density at radius 3 is 2.80 bits per heavy atom. The molecule has 0 aromatic carbocycles. The van der Waals surface area contributed by atoms with Gasteiger partial charge >= 0.3 is 5.97 Å². The predicted molar refractivity (Wildman–Crippen MR) is 88.1 cm³/mol. The van der Waals surface area contributed by atoms with E-state index in [1.54, 1.807) is 0 Å². The molecule has 1 aliphatic rings. The maximum atomic E-state index is 11.6. The van der Waals surface area contributed by atoms with Gasteiger partial charge in [0.25, 0.3) is 0 Å². The highest BCUT2D eigenvalue weighted by molar-refractivity contribution is 8.00. The molecule has 0 radical (unpaired) electrons. The summed E-state index contributed by atoms with van der Waals surface area (Å²) in [5.41, 5.74) is 1.51. The topological polar surface area (TPSA) is 26.3 Å². The summed E-state index contributed by atoms with van der Waals surface area (Å²) in [5, 5.41) is 0. The van der Waals surface area contributed by atoms with Gasteiger partial charge in [-0.15, -0.1) is 0 Å². The smallest absolute Gasteiger partial charge is 0.306 e. The number of esters is 1. The van der Waals surface area contributed by atoms with Crippen LogP contribution in [0.15, 0.2) is 11.6 Å². The van der Waals surface area contributed by atoms with Gasteiger partial charge in [0.2, 0.25) is 0 Å². The zero-order valence-corrected chi connectivity index (χ0v) is 14.4. The lowest BCUT2D eigenvalue weighted by Crippen LogP contribution is -2.33. The number of hydrogen-bond donors (Lipinski definition) is 0. The molecule has 2 nitrogen and oxygen atoms in total. The number of carbonyl (C=O) groups excluding carboxylic acids is 1. The van der Waals surface area contributed by atoms with Crippen molar-refractivity contribution in [1.82, 2.24) is 0 Å². The van der Waals surface area contributed by atoms with E-state index < -0.39 is 0 Å². The molecule has 0 spiro atoms. The molecule has 1 unspecified atom stereocenters. The zero-order valence-electron chi connectivity index (χ0n) is 13.5. The van der Waals surface area contributed by atoms with Gasteiger partial charge in [-0.25, -0.2) is 0 Å². The Balaban J connectivity index is 2.35. The van der Waals surface area contributed by atoms with Crippen LogP contribution in [-0.4, -0.2) is 23.1 Å². The molecule has 20 heavy (non-hydrogen) atoms. The number of carbonyl (C=O) groups is 1. The van der Waals surface area contributed by atoms with E-state index in [0.29, 0.717) is 23.7 Å². The number of hydrogen-bond acceptors (Lipinski definition) is 3. The molecule has 0 aliphatic heterocycles. The van der Waals surface area contributed by atoms with Crippen molar-refractivity contribution in [3.8, 4) is 0 Å². The number of rotatable bonds is 8. The Hall–Kier alpha value is -0.440. The van der Waals surface area contributed by atoms with Crippen molar-refractivity contribution in [2.75, 3.05) is 12.4 Å². The third kappa shape index (κ3) is 5.51. The van der Waals surface area contributed by atoms with Crippen molar-refractivity contribution in [2.45, 2.75) is 71.0 Å². The second-order valence-corrected chi connectivity index (χ2v) is 7.66. The Labute approximate surface area is 128 Å². The minimum atomic E-state index is -0.0348. The average Bonchev–Trinajstić information content (AvgIpc) is 2.41. The van der Waals surface area contributed by atoms with Crippen molar-refractivity contribution in [3.63, 3.8) is 0 Å². The third-order valence-corrected chi connectivity index (χ3v) is 6.07. The molecule has 0 aromatic rings. The molecule has 0 fully saturated rings. The first-order valence-electron chi connectivity index (χ1n) is 7.95. The first kappa shape index (κ1) is 17.6. The van der Waals surface area contributed by atoms with E-state index in [9.17, 15) is 4.79 Å². The lowest BCUT2D eigenvalue weighted by Gasteiger charge is -2.39. The maximum Gasteiger partial charge on any atom is 0.306 e. The summed E-state index contributed by atoms with van der Waals surface area (Å²) in [7, 11) is 0. The Kier molecular flexibility index (Phi) is 7.71. The van der Waals surface area contributed by atoms with Crippen molar-refractivity contribution < 1.29 is 9.53 Å². The summed E-state index contributed by atoms with van der Waals surface area (Å²) < 4.78 is 5.54. The highest BCUT2D eigenvalue weighted by atomic mass is 32.2. The largest absolute Gasteiger partial charge is 0.466 e. The van der Waals surface area contributed by atoms with E-state index >= 15 is 0 Å². The Morgan fingerprint density at radius 2 is 2.25 bits per heavy atom. The van der Waals surface area contributed by atoms with E-state index in [1.165, 1.54) is 18.4 Å². The number of unbranched alkanes of at least 4 members (excludes halogenated alkanes) is 1. The van der Waals surface area contributed by atoms with Crippen LogP contribution in [0.3, 0.4) is 0 Å². The highest BCUT2D eigenvalue weighted by Gasteiger charge is 2.34. The minimum Gasteiger partial charge on any atom is -0.466 e. The maximum absolute atomic E-state index is 11.6. The van der Waals surface area contributed by atoms with Crippen LogP contribution < -0.4 is 0 Å². The normalized spacial score (nSPS) is 22.8. The van der Waals surface area contributed by atoms with E-state index in [0.717, 1.165) is 25.0 Å². The van der Waals surface area contributed by atoms with E-state index in [-0.39, 0.29) is 5.97 Å². The Bertz CT molecular complexity index is 336. The van der Waals surface area contributed by atoms with E-state index in [1.807, 2.05) is 11.8 Å². The molecule has 116 valence electrons. The van der Waals surface area contributed by atoms with Crippen molar-refractivity contribution >= 4 is 17.7 Å². The van der Waals surface area contributed by atoms with Crippen LogP contribution in [0.5, 0.6) is 0 Å². The molecule has 0 aromatic heterocycles. The van der Waals surface area contributed by atoms with Crippen LogP contribution >= 0.6 is 11.8 Å². The average molecular weight is 298 g/mol. The lowest BCUT2D eigenvalue weighted by atomic mass is 9.82. The van der Waals surface area contributed by atoms with Gasteiger partial charge in [0.1, 0.15) is 0 Å². The molecule has 0 amide bonds. The van der Waals surface area contributed by atoms with E-state index in [4.69, 9.17) is 4.74 Å². The van der Waals surface area contributed by atoms with Gasteiger partial charge in [-0.3, -0.25) is 4.79 Å². The molecule has 0 bridgehead atoms. The third-order valence-electron chi connectivity index (χ3n) is 4.25. The molecule has 0 heterocycles. The second-order valence-electron chi connectivity index (χ2n) is 6.15. The SMILES string of the molecule is CCCCOC(=O)CCSC1(C(C)C)CC=C(C)CC1. The summed E-state index contributed by atoms with van der Waals surface area (Å²) in [4.78, 5) is 11.6.